The van der Waals surface area contributed by atoms with Crippen molar-refractivity contribution in [2.45, 2.75) is 38.8 Å². The van der Waals surface area contributed by atoms with Gasteiger partial charge in [-0.15, -0.1) is 0 Å². The highest BCUT2D eigenvalue weighted by Gasteiger charge is 2.25. The molecule has 1 aromatic rings. The highest BCUT2D eigenvalue weighted by atomic mass is 16.6. The summed E-state index contributed by atoms with van der Waals surface area (Å²) < 4.78 is 9.94. The summed E-state index contributed by atoms with van der Waals surface area (Å²) in [4.78, 5) is 23.8. The number of rotatable bonds is 6. The standard InChI is InChI=1S/C17H25N3O4/c1-17(2,3)24-16(22)20-14(15(21)23-5)10-12-6-8-13(9-7-12)11-19-18-4/h6-9,11,14,18H,10H2,1-5H3,(H,20,22)/b19-11+. The van der Waals surface area contributed by atoms with Gasteiger partial charge in [0.05, 0.1) is 13.3 Å². The van der Waals surface area contributed by atoms with E-state index in [0.29, 0.717) is 6.42 Å². The molecule has 1 atom stereocenters. The summed E-state index contributed by atoms with van der Waals surface area (Å²) in [6.45, 7) is 5.27. The minimum atomic E-state index is -0.818. The molecular formula is C17H25N3O4. The number of ether oxygens (including phenoxy) is 2. The summed E-state index contributed by atoms with van der Waals surface area (Å²) >= 11 is 0. The summed E-state index contributed by atoms with van der Waals surface area (Å²) in [5.74, 6) is -0.526. The Balaban J connectivity index is 2.77. The van der Waals surface area contributed by atoms with E-state index < -0.39 is 23.7 Å². The minimum Gasteiger partial charge on any atom is -0.467 e. The molecule has 1 amide bonds. The minimum absolute atomic E-state index is 0.301. The van der Waals surface area contributed by atoms with E-state index in [0.717, 1.165) is 11.1 Å². The molecule has 0 spiro atoms. The molecule has 0 aromatic heterocycles. The van der Waals surface area contributed by atoms with E-state index in [2.05, 4.69) is 15.8 Å². The predicted octanol–water partition coefficient (Wildman–Crippen LogP) is 1.85. The van der Waals surface area contributed by atoms with Crippen LogP contribution in [-0.2, 0) is 20.7 Å². The van der Waals surface area contributed by atoms with Gasteiger partial charge in [-0.05, 0) is 31.9 Å². The normalized spacial score (nSPS) is 12.5. The summed E-state index contributed by atoms with van der Waals surface area (Å²) in [5.41, 5.74) is 3.83. The van der Waals surface area contributed by atoms with Crippen molar-refractivity contribution in [2.24, 2.45) is 5.10 Å². The second-order valence-electron chi connectivity index (χ2n) is 6.15. The van der Waals surface area contributed by atoms with E-state index in [1.807, 2.05) is 24.3 Å². The lowest BCUT2D eigenvalue weighted by Crippen LogP contribution is -2.45. The molecule has 24 heavy (non-hydrogen) atoms. The van der Waals surface area contributed by atoms with Gasteiger partial charge in [-0.2, -0.15) is 5.10 Å². The van der Waals surface area contributed by atoms with Crippen LogP contribution in [0.4, 0.5) is 4.79 Å². The van der Waals surface area contributed by atoms with Gasteiger partial charge >= 0.3 is 12.1 Å². The third kappa shape index (κ3) is 7.13. The zero-order valence-corrected chi connectivity index (χ0v) is 14.8. The smallest absolute Gasteiger partial charge is 0.408 e. The van der Waals surface area contributed by atoms with Gasteiger partial charge in [0, 0.05) is 13.5 Å². The molecule has 0 aliphatic rings. The zero-order chi connectivity index (χ0) is 18.2. The van der Waals surface area contributed by atoms with E-state index in [-0.39, 0.29) is 0 Å². The number of carbonyl (C=O) groups excluding carboxylic acids is 2. The second-order valence-corrected chi connectivity index (χ2v) is 6.15. The van der Waals surface area contributed by atoms with E-state index in [1.165, 1.54) is 7.11 Å². The first-order valence-electron chi connectivity index (χ1n) is 7.61. The zero-order valence-electron chi connectivity index (χ0n) is 14.8. The fourth-order valence-corrected chi connectivity index (χ4v) is 1.90. The molecule has 1 unspecified atom stereocenters. The highest BCUT2D eigenvalue weighted by Crippen LogP contribution is 2.10. The van der Waals surface area contributed by atoms with Crippen molar-refractivity contribution in [1.82, 2.24) is 10.7 Å². The Morgan fingerprint density at radius 3 is 2.38 bits per heavy atom. The molecule has 7 heteroatoms. The second kappa shape index (κ2) is 8.90. The first-order valence-corrected chi connectivity index (χ1v) is 7.61. The van der Waals surface area contributed by atoms with E-state index in [4.69, 9.17) is 9.47 Å². The van der Waals surface area contributed by atoms with E-state index in [1.54, 1.807) is 34.0 Å². The molecule has 7 nitrogen and oxygen atoms in total. The van der Waals surface area contributed by atoms with Crippen LogP contribution < -0.4 is 10.7 Å². The lowest BCUT2D eigenvalue weighted by molar-refractivity contribution is -0.143. The SMILES string of the molecule is CN/N=C/c1ccc(CC(NC(=O)OC(C)(C)C)C(=O)OC)cc1. The van der Waals surface area contributed by atoms with Crippen molar-refractivity contribution < 1.29 is 19.1 Å². The highest BCUT2D eigenvalue weighted by molar-refractivity contribution is 5.82. The Morgan fingerprint density at radius 2 is 1.88 bits per heavy atom. The van der Waals surface area contributed by atoms with Gasteiger partial charge in [0.2, 0.25) is 0 Å². The van der Waals surface area contributed by atoms with E-state index >= 15 is 0 Å². The average Bonchev–Trinajstić information content (AvgIpc) is 2.51. The van der Waals surface area contributed by atoms with Crippen LogP contribution in [0.2, 0.25) is 0 Å². The van der Waals surface area contributed by atoms with Crippen LogP contribution in [0.3, 0.4) is 0 Å². The molecule has 1 rings (SSSR count). The van der Waals surface area contributed by atoms with Crippen LogP contribution in [0.25, 0.3) is 0 Å². The van der Waals surface area contributed by atoms with Crippen LogP contribution >= 0.6 is 0 Å². The summed E-state index contributed by atoms with van der Waals surface area (Å²) in [6.07, 6.45) is 1.33. The van der Waals surface area contributed by atoms with Gasteiger partial charge in [0.15, 0.2) is 0 Å². The number of esters is 1. The molecule has 0 heterocycles. The Morgan fingerprint density at radius 1 is 1.25 bits per heavy atom. The molecule has 0 aliphatic carbocycles. The quantitative estimate of drug-likeness (QED) is 0.470. The fourth-order valence-electron chi connectivity index (χ4n) is 1.90. The predicted molar refractivity (Wildman–Crippen MR) is 92.0 cm³/mol. The molecule has 132 valence electrons. The number of nitrogens with one attached hydrogen (secondary N) is 2. The molecule has 2 N–H and O–H groups in total. The van der Waals surface area contributed by atoms with Crippen molar-refractivity contribution in [3.8, 4) is 0 Å². The molecule has 0 bridgehead atoms. The summed E-state index contributed by atoms with van der Waals surface area (Å²) in [5, 5.41) is 6.47. The maximum Gasteiger partial charge on any atom is 0.408 e. The maximum absolute atomic E-state index is 11.9. The number of amides is 1. The van der Waals surface area contributed by atoms with Crippen molar-refractivity contribution in [3.63, 3.8) is 0 Å². The molecule has 0 saturated carbocycles. The van der Waals surface area contributed by atoms with Gasteiger partial charge in [-0.1, -0.05) is 24.3 Å². The topological polar surface area (TPSA) is 89.0 Å². The Labute approximate surface area is 142 Å². The molecule has 0 fully saturated rings. The number of hydrazone groups is 1. The third-order valence-corrected chi connectivity index (χ3v) is 2.94. The van der Waals surface area contributed by atoms with Gasteiger partial charge in [-0.3, -0.25) is 0 Å². The van der Waals surface area contributed by atoms with Crippen molar-refractivity contribution >= 4 is 18.3 Å². The fraction of sp³-hybridized carbons (Fsp3) is 0.471. The molecule has 0 aliphatic heterocycles. The molecule has 0 saturated heterocycles. The van der Waals surface area contributed by atoms with Gasteiger partial charge in [0.25, 0.3) is 0 Å². The van der Waals surface area contributed by atoms with Gasteiger partial charge < -0.3 is 20.2 Å². The number of benzene rings is 1. The first-order chi connectivity index (χ1) is 11.2. The number of carbonyl (C=O) groups is 2. The number of alkyl carbamates (subject to hydrolysis) is 1. The lowest BCUT2D eigenvalue weighted by Gasteiger charge is -2.22. The third-order valence-electron chi connectivity index (χ3n) is 2.94. The van der Waals surface area contributed by atoms with Crippen LogP contribution in [0.15, 0.2) is 29.4 Å². The van der Waals surface area contributed by atoms with Gasteiger partial charge in [0.1, 0.15) is 11.6 Å². The lowest BCUT2D eigenvalue weighted by atomic mass is 10.0. The summed E-state index contributed by atoms with van der Waals surface area (Å²) in [7, 11) is 3.00. The maximum atomic E-state index is 11.9. The largest absolute Gasteiger partial charge is 0.467 e. The Hall–Kier alpha value is -2.57. The Bertz CT molecular complexity index is 576. The monoisotopic (exact) mass is 335 g/mol. The van der Waals surface area contributed by atoms with Crippen molar-refractivity contribution in [2.75, 3.05) is 14.2 Å². The molecule has 1 aromatic carbocycles. The number of nitrogens with zero attached hydrogens (tertiary/aromatic N) is 1. The Kier molecular flexibility index (Phi) is 7.23. The number of hydrogen-bond donors (Lipinski definition) is 2. The van der Waals surface area contributed by atoms with Crippen LogP contribution in [0.1, 0.15) is 31.9 Å². The average molecular weight is 335 g/mol. The molecule has 0 radical (unpaired) electrons. The van der Waals surface area contributed by atoms with E-state index in [9.17, 15) is 9.59 Å². The van der Waals surface area contributed by atoms with Crippen molar-refractivity contribution in [1.29, 1.82) is 0 Å². The molecular weight excluding hydrogens is 310 g/mol. The first kappa shape index (κ1) is 19.5. The van der Waals surface area contributed by atoms with Crippen LogP contribution in [0, 0.1) is 0 Å². The van der Waals surface area contributed by atoms with Crippen LogP contribution in [-0.4, -0.2) is 44.1 Å². The van der Waals surface area contributed by atoms with Crippen molar-refractivity contribution in [3.05, 3.63) is 35.4 Å². The number of methoxy groups -OCH3 is 1. The van der Waals surface area contributed by atoms with Crippen LogP contribution in [0.5, 0.6) is 0 Å². The summed E-state index contributed by atoms with van der Waals surface area (Å²) in [6, 6.07) is 6.66. The number of hydrogen-bond acceptors (Lipinski definition) is 6. The van der Waals surface area contributed by atoms with Gasteiger partial charge in [-0.25, -0.2) is 9.59 Å².